The van der Waals surface area contributed by atoms with E-state index in [1.165, 1.54) is 33.5 Å². The van der Waals surface area contributed by atoms with Gasteiger partial charge in [-0.2, -0.15) is 0 Å². The molecule has 0 bridgehead atoms. The molecule has 2 N–H and O–H groups in total. The molecule has 0 unspecified atom stereocenters. The van der Waals surface area contributed by atoms with E-state index in [0.29, 0.717) is 43.9 Å². The number of epoxide rings is 1. The first kappa shape index (κ1) is 41.1. The van der Waals surface area contributed by atoms with E-state index < -0.39 is 34.1 Å². The van der Waals surface area contributed by atoms with E-state index in [1.807, 2.05) is 13.8 Å². The molecule has 10 atom stereocenters. The molecule has 60 heavy (non-hydrogen) atoms. The van der Waals surface area contributed by atoms with Gasteiger partial charge in [-0.05, 0) is 140 Å². The second-order valence-electron chi connectivity index (χ2n) is 23.2. The molecule has 0 amide bonds. The fourth-order valence-corrected chi connectivity index (χ4v) is 15.8. The van der Waals surface area contributed by atoms with Crippen LogP contribution in [0.15, 0.2) is 56.9 Å². The molecular formula is C52H70N2O6. The topological polar surface area (TPSA) is 112 Å². The molecule has 0 radical (unpaired) electrons. The Morgan fingerprint density at radius 3 is 2.40 bits per heavy atom. The van der Waals surface area contributed by atoms with Gasteiger partial charge in [0.25, 0.3) is 0 Å². The third kappa shape index (κ3) is 5.84. The van der Waals surface area contributed by atoms with E-state index in [0.717, 1.165) is 81.5 Å². The molecule has 9 aliphatic rings. The van der Waals surface area contributed by atoms with Gasteiger partial charge in [0.2, 0.25) is 0 Å². The Morgan fingerprint density at radius 2 is 1.68 bits per heavy atom. The van der Waals surface area contributed by atoms with E-state index in [2.05, 4.69) is 77.8 Å². The van der Waals surface area contributed by atoms with Gasteiger partial charge in [0.1, 0.15) is 11.9 Å². The van der Waals surface area contributed by atoms with E-state index in [4.69, 9.17) is 14.5 Å². The first-order chi connectivity index (χ1) is 28.2. The number of carbonyl (C=O) groups is 2. The fourth-order valence-electron chi connectivity index (χ4n) is 15.8. The van der Waals surface area contributed by atoms with Crippen molar-refractivity contribution >= 4 is 17.8 Å². The molecule has 1 aromatic carbocycles. The van der Waals surface area contributed by atoms with Gasteiger partial charge in [-0.3, -0.25) is 14.6 Å². The smallest absolute Gasteiger partial charge is 0.160 e. The largest absolute Gasteiger partial charge is 0.392 e. The molecule has 0 spiro atoms. The van der Waals surface area contributed by atoms with Gasteiger partial charge < -0.3 is 24.6 Å². The number of rotatable bonds is 6. The van der Waals surface area contributed by atoms with Gasteiger partial charge in [-0.15, -0.1) is 0 Å². The number of nitrogens with zero attached hydrogens (tertiary/aromatic N) is 2. The summed E-state index contributed by atoms with van der Waals surface area (Å²) in [5, 5.41) is 25.4. The summed E-state index contributed by atoms with van der Waals surface area (Å²) in [6.45, 7) is 23.0. The first-order valence-electron chi connectivity index (χ1n) is 23.5. The zero-order valence-electron chi connectivity index (χ0n) is 37.9. The van der Waals surface area contributed by atoms with Gasteiger partial charge >= 0.3 is 0 Å². The lowest BCUT2D eigenvalue weighted by Crippen LogP contribution is -2.68. The van der Waals surface area contributed by atoms with Crippen molar-refractivity contribution in [3.05, 3.63) is 68.6 Å². The molecular weight excluding hydrogens is 749 g/mol. The van der Waals surface area contributed by atoms with Crippen molar-refractivity contribution in [2.45, 2.75) is 163 Å². The summed E-state index contributed by atoms with van der Waals surface area (Å²) < 4.78 is 11.7. The van der Waals surface area contributed by atoms with Crippen LogP contribution in [0.2, 0.25) is 0 Å². The van der Waals surface area contributed by atoms with Gasteiger partial charge in [0, 0.05) is 67.7 Å². The number of Topliss-reactive ketones (excluding diaryl/α,β-unsaturated/α-hetero) is 2. The number of ether oxygens (including phenoxy) is 2. The maximum absolute atomic E-state index is 15.2. The number of hydrogen-bond acceptors (Lipinski definition) is 8. The van der Waals surface area contributed by atoms with Crippen molar-refractivity contribution in [1.29, 1.82) is 0 Å². The second-order valence-corrected chi connectivity index (χ2v) is 23.2. The number of carbonyl (C=O) groups excluding carboxylic acids is 2. The van der Waals surface area contributed by atoms with E-state index in [1.54, 1.807) is 0 Å². The Labute approximate surface area is 358 Å². The van der Waals surface area contributed by atoms with Crippen molar-refractivity contribution in [3.8, 4) is 0 Å². The number of aliphatic hydroxyl groups is 2. The molecule has 5 heterocycles. The van der Waals surface area contributed by atoms with Crippen LogP contribution in [0, 0.1) is 51.8 Å². The first-order valence-corrected chi connectivity index (χ1v) is 23.5. The third-order valence-electron chi connectivity index (χ3n) is 18.9. The van der Waals surface area contributed by atoms with Gasteiger partial charge in [-0.25, -0.2) is 0 Å². The molecule has 2 saturated heterocycles. The highest BCUT2D eigenvalue weighted by atomic mass is 16.6. The Balaban J connectivity index is 1.09. The lowest BCUT2D eigenvalue weighted by Gasteiger charge is -2.70. The standard InChI is InChI=1S/C52H70N2O6/c1-29-20-30(22-33(21-29)31-13-18-59-19-14-31)23-34-27-54-28-35-40-41(49(6,24-37(56)46-48(4,5)60-46)15-10-32-26-53-42(34)43(32)54)36(55)25-52(40,9)51(8)17-11-38-47(2,3)39(57)12-16-50(38,7)45(51)44(35)58/h20-22,26,31,35,37-38,44-46,56,58H,10-19,23-25,27-28H2,1-9H3/t35-,37-,38+,44-,45+,46+,49+,50+,51+,52+/m1/s1. The van der Waals surface area contributed by atoms with Gasteiger partial charge in [0.15, 0.2) is 5.78 Å². The summed E-state index contributed by atoms with van der Waals surface area (Å²) in [5.41, 5.74) is 8.29. The molecule has 5 fully saturated rings. The highest BCUT2D eigenvalue weighted by Crippen LogP contribution is 2.75. The average Bonchev–Trinajstić information content (AvgIpc) is 3.43. The number of hydrogen-bond donors (Lipinski definition) is 2. The molecule has 0 aromatic heterocycles. The maximum atomic E-state index is 15.2. The predicted octanol–water partition coefficient (Wildman–Crippen LogP) is 8.76. The molecule has 1 aromatic rings. The van der Waals surface area contributed by atoms with Crippen LogP contribution >= 0.6 is 0 Å². The Hall–Kier alpha value is -2.91. The van der Waals surface area contributed by atoms with Crippen molar-refractivity contribution < 1.29 is 29.3 Å². The summed E-state index contributed by atoms with van der Waals surface area (Å²) >= 11 is 0. The number of fused-ring (bicyclic) bond motifs is 4. The van der Waals surface area contributed by atoms with Crippen LogP contribution in [0.4, 0.5) is 0 Å². The quantitative estimate of drug-likeness (QED) is 0.276. The molecule has 324 valence electrons. The second kappa shape index (κ2) is 13.5. The zero-order chi connectivity index (χ0) is 42.5. The summed E-state index contributed by atoms with van der Waals surface area (Å²) in [7, 11) is 0. The average molecular weight is 819 g/mol. The van der Waals surface area contributed by atoms with Crippen molar-refractivity contribution in [2.75, 3.05) is 26.3 Å². The summed E-state index contributed by atoms with van der Waals surface area (Å²) in [4.78, 5) is 36.5. The number of ketones is 2. The zero-order valence-corrected chi connectivity index (χ0v) is 37.9. The normalized spacial score (nSPS) is 41.0. The molecule has 5 aliphatic heterocycles. The van der Waals surface area contributed by atoms with Gasteiger partial charge in [-0.1, -0.05) is 65.3 Å². The van der Waals surface area contributed by atoms with Crippen LogP contribution in [0.5, 0.6) is 0 Å². The highest BCUT2D eigenvalue weighted by Gasteiger charge is 2.73. The lowest BCUT2D eigenvalue weighted by atomic mass is 9.34. The number of aliphatic hydroxyl groups excluding tert-OH is 2. The molecule has 8 heteroatoms. The van der Waals surface area contributed by atoms with E-state index >= 15 is 4.79 Å². The minimum atomic E-state index is -0.715. The maximum Gasteiger partial charge on any atom is 0.160 e. The molecule has 10 rings (SSSR count). The summed E-state index contributed by atoms with van der Waals surface area (Å²) in [6, 6.07) is 7.12. The van der Waals surface area contributed by atoms with Crippen LogP contribution in [0.3, 0.4) is 0 Å². The minimum Gasteiger partial charge on any atom is -0.392 e. The Kier molecular flexibility index (Phi) is 9.29. The third-order valence-corrected chi connectivity index (χ3v) is 18.9. The molecule has 4 aliphatic carbocycles. The minimum absolute atomic E-state index is 0.0823. The number of aliphatic imine (C=N–C) groups is 1. The van der Waals surface area contributed by atoms with Crippen molar-refractivity contribution in [3.63, 3.8) is 0 Å². The van der Waals surface area contributed by atoms with E-state index in [-0.39, 0.29) is 40.5 Å². The van der Waals surface area contributed by atoms with Crippen LogP contribution in [0.1, 0.15) is 142 Å². The molecule has 3 saturated carbocycles. The fraction of sp³-hybridized carbons (Fsp3) is 0.712. The van der Waals surface area contributed by atoms with Crippen LogP contribution in [-0.4, -0.2) is 83.1 Å². The number of aryl methyl sites for hydroxylation is 1. The van der Waals surface area contributed by atoms with Gasteiger partial charge in [0.05, 0.1) is 29.2 Å². The monoisotopic (exact) mass is 819 g/mol. The van der Waals surface area contributed by atoms with Crippen LogP contribution in [-0.2, 0) is 25.5 Å². The Bertz CT molecular complexity index is 2170. The van der Waals surface area contributed by atoms with Crippen LogP contribution < -0.4 is 0 Å². The van der Waals surface area contributed by atoms with E-state index in [9.17, 15) is 15.0 Å². The SMILES string of the molecule is Cc1cc(CC2=C3N=CC4=C3N(C2)C[C@@H]2C3=C(C(=O)C[C@]3(C)[C@@]3(C)CC[C@H]5C(C)(C)C(=O)CC[C@]5(C)[C@@H]3[C@@H]2O)[C@](C)(C[C@@H](O)[C@@H]2OC2(C)C)CC4)cc(C2CCOCC2)c1. The Morgan fingerprint density at radius 1 is 0.950 bits per heavy atom. The van der Waals surface area contributed by atoms with Crippen molar-refractivity contribution in [1.82, 2.24) is 4.90 Å². The predicted molar refractivity (Wildman–Crippen MR) is 233 cm³/mol. The number of benzene rings is 1. The lowest BCUT2D eigenvalue weighted by molar-refractivity contribution is -0.219. The molecule has 8 nitrogen and oxygen atoms in total. The number of allylic oxidation sites excluding steroid dienone is 2. The van der Waals surface area contributed by atoms with Crippen molar-refractivity contribution in [2.24, 2.45) is 49.8 Å². The summed E-state index contributed by atoms with van der Waals surface area (Å²) in [6.07, 6.45) is 8.73. The highest BCUT2D eigenvalue weighted by molar-refractivity contribution is 6.02. The van der Waals surface area contributed by atoms with Crippen LogP contribution in [0.25, 0.3) is 0 Å². The summed E-state index contributed by atoms with van der Waals surface area (Å²) in [5.74, 6) is 0.851.